The van der Waals surface area contributed by atoms with Crippen molar-refractivity contribution >= 4 is 45.2 Å². The summed E-state index contributed by atoms with van der Waals surface area (Å²) in [5, 5.41) is 4.06. The monoisotopic (exact) mass is 394 g/mol. The third-order valence-electron chi connectivity index (χ3n) is 3.08. The van der Waals surface area contributed by atoms with Crippen molar-refractivity contribution in [3.63, 3.8) is 0 Å². The molecule has 1 aliphatic heterocycles. The van der Waals surface area contributed by atoms with Crippen LogP contribution in [0.3, 0.4) is 0 Å². The molecule has 0 saturated heterocycles. The second-order valence-corrected chi connectivity index (χ2v) is 7.95. The molecule has 0 spiro atoms. The summed E-state index contributed by atoms with van der Waals surface area (Å²) in [6.07, 6.45) is 1.39. The van der Waals surface area contributed by atoms with Crippen LogP contribution in [0.1, 0.15) is 5.69 Å². The first-order chi connectivity index (χ1) is 11.4. The largest absolute Gasteiger partial charge is 0.382 e. The zero-order valence-electron chi connectivity index (χ0n) is 12.9. The first-order valence-corrected chi connectivity index (χ1v) is 9.48. The maximum atomic E-state index is 12.9. The van der Waals surface area contributed by atoms with E-state index in [0.29, 0.717) is 5.69 Å². The Balaban J connectivity index is 2.36. The number of carbonyl (C=O) groups excluding carboxylic acids is 1. The summed E-state index contributed by atoms with van der Waals surface area (Å²) < 4.78 is 41.9. The van der Waals surface area contributed by atoms with Crippen LogP contribution >= 0.6 is 23.4 Å². The molecule has 1 aliphatic rings. The van der Waals surface area contributed by atoms with E-state index in [1.807, 2.05) is 0 Å². The lowest BCUT2D eigenvalue weighted by Crippen LogP contribution is -2.40. The lowest BCUT2D eigenvalue weighted by atomic mass is 10.4. The Bertz CT molecular complexity index is 769. The average Bonchev–Trinajstić information content (AvgIpc) is 3.16. The number of hydrogen-bond donors (Lipinski definition) is 0. The van der Waals surface area contributed by atoms with Gasteiger partial charge in [-0.05, 0) is 12.3 Å². The Labute approximate surface area is 148 Å². The summed E-state index contributed by atoms with van der Waals surface area (Å²) in [6.45, 7) is 1.67. The number of nitrogens with zero attached hydrogens (tertiary/aromatic N) is 2. The van der Waals surface area contributed by atoms with Gasteiger partial charge in [-0.1, -0.05) is 34.6 Å². The van der Waals surface area contributed by atoms with E-state index in [-0.39, 0.29) is 35.8 Å². The van der Waals surface area contributed by atoms with Gasteiger partial charge in [0, 0.05) is 7.11 Å². The van der Waals surface area contributed by atoms with Gasteiger partial charge in [0.1, 0.15) is 28.6 Å². The predicted molar refractivity (Wildman–Crippen MR) is 90.1 cm³/mol. The van der Waals surface area contributed by atoms with Gasteiger partial charge < -0.3 is 14.0 Å². The summed E-state index contributed by atoms with van der Waals surface area (Å²) in [4.78, 5) is 11.0. The maximum Gasteiger partial charge on any atom is 0.261 e. The Morgan fingerprint density at radius 3 is 2.83 bits per heavy atom. The second kappa shape index (κ2) is 8.19. The number of thioether (sulfide) groups is 1. The SMILES string of the molecule is COCCOCN(c1onc(C)c1Cl)S(=O)(=O)C1C=CSC1=C=O. The van der Waals surface area contributed by atoms with Crippen LogP contribution < -0.4 is 4.31 Å². The molecule has 0 bridgehead atoms. The highest BCUT2D eigenvalue weighted by Gasteiger charge is 2.39. The predicted octanol–water partition coefficient (Wildman–Crippen LogP) is 1.74. The highest BCUT2D eigenvalue weighted by molar-refractivity contribution is 8.08. The van der Waals surface area contributed by atoms with E-state index in [1.54, 1.807) is 12.9 Å². The van der Waals surface area contributed by atoms with Gasteiger partial charge in [0.15, 0.2) is 0 Å². The minimum Gasteiger partial charge on any atom is -0.382 e. The molecule has 0 fully saturated rings. The van der Waals surface area contributed by atoms with Crippen molar-refractivity contribution in [2.75, 3.05) is 31.4 Å². The minimum absolute atomic E-state index is 0.0317. The molecule has 1 aromatic heterocycles. The first kappa shape index (κ1) is 19.0. The third kappa shape index (κ3) is 3.85. The molecule has 2 rings (SSSR count). The molecule has 0 aliphatic carbocycles. The van der Waals surface area contributed by atoms with Gasteiger partial charge in [0.2, 0.25) is 0 Å². The van der Waals surface area contributed by atoms with E-state index < -0.39 is 15.3 Å². The summed E-state index contributed by atoms with van der Waals surface area (Å²) >= 11 is 7.07. The summed E-state index contributed by atoms with van der Waals surface area (Å²) in [5.74, 6) is 1.48. The number of aryl methyl sites for hydroxylation is 1. The minimum atomic E-state index is -4.07. The number of hydrogen-bond acceptors (Lipinski definition) is 8. The van der Waals surface area contributed by atoms with E-state index in [9.17, 15) is 13.2 Å². The van der Waals surface area contributed by atoms with E-state index in [2.05, 4.69) is 5.16 Å². The highest BCUT2D eigenvalue weighted by atomic mass is 35.5. The molecule has 24 heavy (non-hydrogen) atoms. The topological polar surface area (TPSA) is 98.9 Å². The van der Waals surface area contributed by atoms with Gasteiger partial charge >= 0.3 is 0 Å². The zero-order chi connectivity index (χ0) is 17.7. The number of ether oxygens (including phenoxy) is 2. The summed E-state index contributed by atoms with van der Waals surface area (Å²) in [7, 11) is -2.57. The molecule has 1 unspecified atom stereocenters. The number of halogens is 1. The van der Waals surface area contributed by atoms with Crippen molar-refractivity contribution in [2.24, 2.45) is 0 Å². The molecule has 0 amide bonds. The summed E-state index contributed by atoms with van der Waals surface area (Å²) in [5.41, 5.74) is 0.339. The smallest absolute Gasteiger partial charge is 0.261 e. The number of methoxy groups -OCH3 is 1. The van der Waals surface area contributed by atoms with Crippen LogP contribution in [0.25, 0.3) is 0 Å². The van der Waals surface area contributed by atoms with Crippen LogP contribution in [0, 0.1) is 6.92 Å². The molecule has 11 heteroatoms. The van der Waals surface area contributed by atoms with E-state index in [4.69, 9.17) is 25.6 Å². The maximum absolute atomic E-state index is 12.9. The Morgan fingerprint density at radius 1 is 1.50 bits per heavy atom. The Kier molecular flexibility index (Phi) is 6.50. The molecular weight excluding hydrogens is 380 g/mol. The van der Waals surface area contributed by atoms with Gasteiger partial charge in [0.25, 0.3) is 15.9 Å². The van der Waals surface area contributed by atoms with Gasteiger partial charge in [-0.15, -0.1) is 0 Å². The van der Waals surface area contributed by atoms with Crippen molar-refractivity contribution in [1.82, 2.24) is 5.16 Å². The molecule has 0 aromatic carbocycles. The van der Waals surface area contributed by atoms with Crippen molar-refractivity contribution in [3.05, 3.63) is 27.1 Å². The van der Waals surface area contributed by atoms with Crippen molar-refractivity contribution in [1.29, 1.82) is 0 Å². The molecule has 8 nitrogen and oxygen atoms in total. The number of aromatic nitrogens is 1. The lowest BCUT2D eigenvalue weighted by Gasteiger charge is -2.24. The number of anilines is 1. The van der Waals surface area contributed by atoms with Crippen LogP contribution in [0.15, 0.2) is 20.9 Å². The van der Waals surface area contributed by atoms with Gasteiger partial charge in [-0.25, -0.2) is 17.5 Å². The zero-order valence-corrected chi connectivity index (χ0v) is 15.3. The second-order valence-electron chi connectivity index (χ2n) is 4.64. The lowest BCUT2D eigenvalue weighted by molar-refractivity contribution is 0.0744. The number of rotatable bonds is 8. The van der Waals surface area contributed by atoms with Gasteiger partial charge in [0.05, 0.1) is 18.1 Å². The third-order valence-corrected chi connectivity index (χ3v) is 6.47. The van der Waals surface area contributed by atoms with E-state index >= 15 is 0 Å². The van der Waals surface area contributed by atoms with Crippen LogP contribution in [0.5, 0.6) is 0 Å². The van der Waals surface area contributed by atoms with E-state index in [1.165, 1.54) is 18.6 Å². The van der Waals surface area contributed by atoms with Crippen molar-refractivity contribution in [2.45, 2.75) is 12.2 Å². The normalized spacial score (nSPS) is 17.3. The highest BCUT2D eigenvalue weighted by Crippen LogP contribution is 2.37. The molecule has 1 aromatic rings. The van der Waals surface area contributed by atoms with Crippen molar-refractivity contribution in [3.8, 4) is 0 Å². The molecular formula is C13H15ClN2O6S2. The fourth-order valence-electron chi connectivity index (χ4n) is 1.83. The first-order valence-electron chi connectivity index (χ1n) is 6.71. The van der Waals surface area contributed by atoms with Gasteiger partial charge in [-0.2, -0.15) is 0 Å². The Hall–Kier alpha value is -1.29. The summed E-state index contributed by atoms with van der Waals surface area (Å²) in [6, 6.07) is 0. The van der Waals surface area contributed by atoms with Crippen molar-refractivity contribution < 1.29 is 27.2 Å². The average molecular weight is 395 g/mol. The van der Waals surface area contributed by atoms with Crippen LogP contribution in [-0.4, -0.2) is 51.8 Å². The molecule has 1 atom stereocenters. The Morgan fingerprint density at radius 2 is 2.25 bits per heavy atom. The fourth-order valence-corrected chi connectivity index (χ4v) is 4.77. The standard InChI is InChI=1S/C13H15ClN2O6S2/c1-9-12(14)13(22-15-9)16(8-21-5-4-20-2)24(18,19)11-3-6-23-10(11)7-17/h3,6,11H,4-5,8H2,1-2H3. The van der Waals surface area contributed by atoms with Gasteiger partial charge in [-0.3, -0.25) is 0 Å². The van der Waals surface area contributed by atoms with Crippen LogP contribution in [0.2, 0.25) is 5.02 Å². The van der Waals surface area contributed by atoms with Crippen LogP contribution in [-0.2, 0) is 24.3 Å². The van der Waals surface area contributed by atoms with E-state index in [0.717, 1.165) is 16.1 Å². The molecule has 0 N–H and O–H groups in total. The molecule has 0 radical (unpaired) electrons. The molecule has 2 heterocycles. The number of sulfonamides is 1. The van der Waals surface area contributed by atoms with Crippen LogP contribution in [0.4, 0.5) is 5.88 Å². The molecule has 0 saturated carbocycles. The quantitative estimate of drug-likeness (QED) is 0.373. The molecule has 132 valence electrons. The fraction of sp³-hybridized carbons (Fsp3) is 0.462.